The molecule has 1 N–H and O–H groups in total. The Morgan fingerprint density at radius 3 is 2.77 bits per heavy atom. The van der Waals surface area contributed by atoms with Gasteiger partial charge in [0.15, 0.2) is 0 Å². The monoisotopic (exact) mass is 315 g/mol. The molecule has 0 bridgehead atoms. The summed E-state index contributed by atoms with van der Waals surface area (Å²) in [6.07, 6.45) is 2.83. The molecule has 0 unspecified atom stereocenters. The highest BCUT2D eigenvalue weighted by Gasteiger charge is 2.47. The predicted octanol–water partition coefficient (Wildman–Crippen LogP) is 2.11. The summed E-state index contributed by atoms with van der Waals surface area (Å²) in [6.45, 7) is 8.80. The summed E-state index contributed by atoms with van der Waals surface area (Å²) in [5.41, 5.74) is 5.35. The molecule has 0 saturated carbocycles. The van der Waals surface area contributed by atoms with Crippen LogP contribution in [0.2, 0.25) is 19.6 Å². The van der Waals surface area contributed by atoms with Gasteiger partial charge in [0.1, 0.15) is 8.07 Å². The van der Waals surface area contributed by atoms with Gasteiger partial charge in [-0.2, -0.15) is 0 Å². The Morgan fingerprint density at radius 1 is 1.32 bits per heavy atom. The van der Waals surface area contributed by atoms with Crippen LogP contribution in [-0.2, 0) is 0 Å². The largest absolute Gasteiger partial charge is 0.465 e. The van der Waals surface area contributed by atoms with Crippen LogP contribution in [-0.4, -0.2) is 54.8 Å². The van der Waals surface area contributed by atoms with Crippen LogP contribution >= 0.6 is 0 Å². The molecule has 0 aliphatic carbocycles. The second kappa shape index (κ2) is 5.32. The lowest BCUT2D eigenvalue weighted by molar-refractivity contribution is 0.155. The third-order valence-electron chi connectivity index (χ3n) is 4.15. The maximum atomic E-state index is 11.1. The zero-order valence-corrected chi connectivity index (χ0v) is 14.2. The van der Waals surface area contributed by atoms with Gasteiger partial charge in [0.2, 0.25) is 0 Å². The van der Waals surface area contributed by atoms with Crippen molar-refractivity contribution < 1.29 is 9.90 Å². The van der Waals surface area contributed by atoms with Crippen molar-refractivity contribution in [1.82, 2.24) is 9.88 Å². The number of fused-ring (bicyclic) bond motifs is 1. The summed E-state index contributed by atoms with van der Waals surface area (Å²) >= 11 is 0. The van der Waals surface area contributed by atoms with Gasteiger partial charge < -0.3 is 14.9 Å². The normalized spacial score (nSPS) is 23.4. The fourth-order valence-corrected chi connectivity index (χ4v) is 3.52. The molecule has 1 aromatic rings. The average Bonchev–Trinajstić information content (AvgIpc) is 2.74. The molecule has 2 fully saturated rings. The SMILES string of the molecule is C[Si](C)(C)C#Cc1cncc(N2C[C@H]3CN(C(=O)O)C[C@H]32)c1. The van der Waals surface area contributed by atoms with E-state index in [9.17, 15) is 4.79 Å². The molecule has 5 nitrogen and oxygen atoms in total. The highest BCUT2D eigenvalue weighted by Crippen LogP contribution is 2.36. The Morgan fingerprint density at radius 2 is 2.09 bits per heavy atom. The number of nitrogens with zero attached hydrogens (tertiary/aromatic N) is 3. The Bertz CT molecular complexity index is 659. The van der Waals surface area contributed by atoms with Crippen LogP contribution in [0.15, 0.2) is 18.5 Å². The summed E-state index contributed by atoms with van der Waals surface area (Å²) < 4.78 is 0. The highest BCUT2D eigenvalue weighted by molar-refractivity contribution is 6.83. The number of pyridine rings is 1. The topological polar surface area (TPSA) is 56.7 Å². The zero-order valence-electron chi connectivity index (χ0n) is 13.2. The molecule has 2 aliphatic rings. The predicted molar refractivity (Wildman–Crippen MR) is 88.7 cm³/mol. The van der Waals surface area contributed by atoms with Gasteiger partial charge in [-0.25, -0.2) is 4.79 Å². The molecule has 22 heavy (non-hydrogen) atoms. The summed E-state index contributed by atoms with van der Waals surface area (Å²) in [6, 6.07) is 2.36. The molecule has 1 amide bonds. The quantitative estimate of drug-likeness (QED) is 0.637. The summed E-state index contributed by atoms with van der Waals surface area (Å²) in [7, 11) is -1.40. The van der Waals surface area contributed by atoms with E-state index in [4.69, 9.17) is 5.11 Å². The van der Waals surface area contributed by atoms with Crippen molar-refractivity contribution in [3.8, 4) is 11.5 Å². The molecule has 116 valence electrons. The van der Waals surface area contributed by atoms with Crippen LogP contribution in [0.3, 0.4) is 0 Å². The minimum Gasteiger partial charge on any atom is -0.465 e. The number of hydrogen-bond donors (Lipinski definition) is 1. The maximum absolute atomic E-state index is 11.1. The van der Waals surface area contributed by atoms with Crippen LogP contribution in [0, 0.1) is 17.4 Å². The van der Waals surface area contributed by atoms with E-state index in [-0.39, 0.29) is 6.04 Å². The van der Waals surface area contributed by atoms with Gasteiger partial charge in [0.05, 0.1) is 17.9 Å². The molecule has 1 aromatic heterocycles. The number of amides is 1. The first-order valence-electron chi connectivity index (χ1n) is 7.56. The third kappa shape index (κ3) is 2.95. The zero-order chi connectivity index (χ0) is 15.9. The Balaban J connectivity index is 1.74. The molecule has 2 atom stereocenters. The minimum absolute atomic E-state index is 0.290. The molecule has 0 spiro atoms. The number of anilines is 1. The van der Waals surface area contributed by atoms with E-state index in [1.54, 1.807) is 6.20 Å². The lowest BCUT2D eigenvalue weighted by Crippen LogP contribution is -2.55. The van der Waals surface area contributed by atoms with Gasteiger partial charge in [-0.1, -0.05) is 25.6 Å². The van der Waals surface area contributed by atoms with E-state index in [1.165, 1.54) is 4.90 Å². The lowest BCUT2D eigenvalue weighted by atomic mass is 9.91. The van der Waals surface area contributed by atoms with E-state index < -0.39 is 14.2 Å². The van der Waals surface area contributed by atoms with Crippen molar-refractivity contribution in [3.05, 3.63) is 24.0 Å². The standard InChI is InChI=1S/C16H21N3O2Si/c1-22(2,3)5-4-12-6-14(8-17-7-12)19-10-13-9-18(16(20)21)11-15(13)19/h6-8,13,15H,9-11H2,1-3H3,(H,20,21)/t13-,15-/m1/s1. The number of rotatable bonds is 1. The molecule has 6 heteroatoms. The van der Waals surface area contributed by atoms with E-state index in [1.807, 2.05) is 6.20 Å². The second-order valence-electron chi connectivity index (χ2n) is 7.10. The summed E-state index contributed by atoms with van der Waals surface area (Å²) in [5.74, 6) is 3.68. The molecular formula is C16H21N3O2Si. The van der Waals surface area contributed by atoms with E-state index >= 15 is 0 Å². The van der Waals surface area contributed by atoms with Gasteiger partial charge in [-0.3, -0.25) is 4.98 Å². The molecular weight excluding hydrogens is 294 g/mol. The van der Waals surface area contributed by atoms with Crippen LogP contribution in [0.1, 0.15) is 5.56 Å². The van der Waals surface area contributed by atoms with E-state index in [0.717, 1.165) is 17.8 Å². The first-order valence-corrected chi connectivity index (χ1v) is 11.1. The highest BCUT2D eigenvalue weighted by atomic mass is 28.3. The molecule has 0 radical (unpaired) electrons. The van der Waals surface area contributed by atoms with Crippen LogP contribution in [0.25, 0.3) is 0 Å². The fraction of sp³-hybridized carbons (Fsp3) is 0.500. The maximum Gasteiger partial charge on any atom is 0.407 e. The van der Waals surface area contributed by atoms with E-state index in [0.29, 0.717) is 19.0 Å². The van der Waals surface area contributed by atoms with Crippen LogP contribution < -0.4 is 4.90 Å². The molecule has 3 heterocycles. The summed E-state index contributed by atoms with van der Waals surface area (Å²) in [5, 5.41) is 9.10. The Labute approximate surface area is 132 Å². The van der Waals surface area contributed by atoms with Crippen molar-refractivity contribution >= 4 is 19.9 Å². The summed E-state index contributed by atoms with van der Waals surface area (Å²) in [4.78, 5) is 19.1. The van der Waals surface area contributed by atoms with Gasteiger partial charge in [-0.05, 0) is 6.07 Å². The van der Waals surface area contributed by atoms with Crippen molar-refractivity contribution in [2.75, 3.05) is 24.5 Å². The molecule has 0 aromatic carbocycles. The van der Waals surface area contributed by atoms with Crippen molar-refractivity contribution in [1.29, 1.82) is 0 Å². The number of carboxylic acid groups (broad SMARTS) is 1. The van der Waals surface area contributed by atoms with Gasteiger partial charge in [0.25, 0.3) is 0 Å². The van der Waals surface area contributed by atoms with Crippen LogP contribution in [0.4, 0.5) is 10.5 Å². The lowest BCUT2D eigenvalue weighted by Gasteiger charge is -2.45. The second-order valence-corrected chi connectivity index (χ2v) is 11.8. The number of aromatic nitrogens is 1. The Kier molecular flexibility index (Phi) is 3.61. The molecule has 2 aliphatic heterocycles. The van der Waals surface area contributed by atoms with E-state index in [2.05, 4.69) is 47.1 Å². The minimum atomic E-state index is -1.40. The first kappa shape index (κ1) is 14.9. The molecule has 3 rings (SSSR count). The van der Waals surface area contributed by atoms with Crippen LogP contribution in [0.5, 0.6) is 0 Å². The number of carbonyl (C=O) groups is 1. The van der Waals surface area contributed by atoms with Gasteiger partial charge in [-0.15, -0.1) is 5.54 Å². The van der Waals surface area contributed by atoms with Crippen molar-refractivity contribution in [2.45, 2.75) is 25.7 Å². The first-order chi connectivity index (χ1) is 10.3. The average molecular weight is 315 g/mol. The fourth-order valence-electron chi connectivity index (χ4n) is 3.00. The van der Waals surface area contributed by atoms with Crippen molar-refractivity contribution in [2.24, 2.45) is 5.92 Å². The smallest absolute Gasteiger partial charge is 0.407 e. The number of likely N-dealkylation sites (tertiary alicyclic amines) is 1. The molecule has 2 saturated heterocycles. The van der Waals surface area contributed by atoms with Crippen molar-refractivity contribution in [3.63, 3.8) is 0 Å². The Hall–Kier alpha value is -2.00. The third-order valence-corrected chi connectivity index (χ3v) is 5.02. The van der Waals surface area contributed by atoms with Gasteiger partial charge in [0, 0.05) is 37.3 Å². The van der Waals surface area contributed by atoms with Gasteiger partial charge >= 0.3 is 6.09 Å². The number of hydrogen-bond acceptors (Lipinski definition) is 3.